The van der Waals surface area contributed by atoms with Crippen LogP contribution in [-0.2, 0) is 4.79 Å². The van der Waals surface area contributed by atoms with Crippen LogP contribution in [0, 0.1) is 5.82 Å². The van der Waals surface area contributed by atoms with Crippen molar-refractivity contribution in [3.8, 4) is 0 Å². The van der Waals surface area contributed by atoms with E-state index in [-0.39, 0.29) is 23.8 Å². The Morgan fingerprint density at radius 2 is 1.85 bits per heavy atom. The Bertz CT molecular complexity index is 738. The van der Waals surface area contributed by atoms with Gasteiger partial charge in [0.15, 0.2) is 0 Å². The number of amides is 1. The zero-order chi connectivity index (χ0) is 18.1. The van der Waals surface area contributed by atoms with Crippen molar-refractivity contribution in [2.75, 3.05) is 19.6 Å². The molecule has 4 rings (SSSR count). The lowest BCUT2D eigenvalue weighted by molar-refractivity contribution is -0.134. The molecule has 0 spiro atoms. The van der Waals surface area contributed by atoms with Crippen LogP contribution in [0.1, 0.15) is 49.4 Å². The highest BCUT2D eigenvalue weighted by molar-refractivity contribution is 5.84. The topological polar surface area (TPSA) is 52.2 Å². The molecule has 2 fully saturated rings. The van der Waals surface area contributed by atoms with Crippen molar-refractivity contribution in [2.45, 2.75) is 44.2 Å². The van der Waals surface area contributed by atoms with Crippen LogP contribution < -0.4 is 0 Å². The summed E-state index contributed by atoms with van der Waals surface area (Å²) in [5, 5.41) is 7.12. The van der Waals surface area contributed by atoms with E-state index in [9.17, 15) is 9.18 Å². The number of hydrogen-bond donors (Lipinski definition) is 1. The molecule has 6 heteroatoms. The molecule has 0 saturated carbocycles. The molecular formula is C20H25FN4O. The number of likely N-dealkylation sites (tertiary alicyclic amines) is 2. The summed E-state index contributed by atoms with van der Waals surface area (Å²) < 4.78 is 13.1. The molecule has 2 aliphatic heterocycles. The van der Waals surface area contributed by atoms with Gasteiger partial charge in [0.2, 0.25) is 5.91 Å². The number of benzene rings is 1. The van der Waals surface area contributed by atoms with Crippen LogP contribution in [0.25, 0.3) is 0 Å². The van der Waals surface area contributed by atoms with Crippen molar-refractivity contribution in [3.05, 3.63) is 53.6 Å². The minimum atomic E-state index is -0.244. The van der Waals surface area contributed by atoms with Crippen LogP contribution in [0.3, 0.4) is 0 Å². The molecule has 2 atom stereocenters. The van der Waals surface area contributed by atoms with Crippen molar-refractivity contribution >= 4 is 5.91 Å². The number of nitrogens with zero attached hydrogens (tertiary/aromatic N) is 3. The van der Waals surface area contributed by atoms with Crippen LogP contribution in [0.4, 0.5) is 4.39 Å². The van der Waals surface area contributed by atoms with Gasteiger partial charge in [0.25, 0.3) is 0 Å². The first-order chi connectivity index (χ1) is 12.6. The average molecular weight is 356 g/mol. The molecule has 0 bridgehead atoms. The van der Waals surface area contributed by atoms with E-state index in [0.717, 1.165) is 44.5 Å². The number of hydrogen-bond acceptors (Lipinski definition) is 3. The van der Waals surface area contributed by atoms with Gasteiger partial charge in [-0.25, -0.2) is 4.39 Å². The molecule has 138 valence electrons. The molecule has 2 saturated heterocycles. The van der Waals surface area contributed by atoms with Gasteiger partial charge in [-0.3, -0.25) is 14.8 Å². The van der Waals surface area contributed by atoms with Crippen molar-refractivity contribution < 1.29 is 9.18 Å². The van der Waals surface area contributed by atoms with Crippen molar-refractivity contribution in [1.29, 1.82) is 0 Å². The SMILES string of the molecule is CC(c1ccc(F)cc1)N1CCC(N2CCC(c3ccn[nH]3)CC2)C1=O. The Balaban J connectivity index is 1.37. The highest BCUT2D eigenvalue weighted by Gasteiger charge is 2.39. The molecule has 2 aromatic rings. The predicted octanol–water partition coefficient (Wildman–Crippen LogP) is 3.09. The molecule has 1 N–H and O–H groups in total. The molecule has 5 nitrogen and oxygen atoms in total. The van der Waals surface area contributed by atoms with E-state index in [1.807, 2.05) is 17.9 Å². The minimum absolute atomic E-state index is 0.0133. The number of carbonyl (C=O) groups excluding carboxylic acids is 1. The van der Waals surface area contributed by atoms with Crippen molar-refractivity contribution in [1.82, 2.24) is 20.0 Å². The van der Waals surface area contributed by atoms with Gasteiger partial charge in [0.05, 0.1) is 12.1 Å². The first-order valence-electron chi connectivity index (χ1n) is 9.43. The number of halogens is 1. The third-order valence-corrected chi connectivity index (χ3v) is 5.96. The number of carbonyl (C=O) groups is 1. The van der Waals surface area contributed by atoms with E-state index in [2.05, 4.69) is 15.1 Å². The zero-order valence-corrected chi connectivity index (χ0v) is 15.1. The maximum atomic E-state index is 13.1. The Hall–Kier alpha value is -2.21. The summed E-state index contributed by atoms with van der Waals surface area (Å²) in [7, 11) is 0. The van der Waals surface area contributed by atoms with Crippen LogP contribution in [0.2, 0.25) is 0 Å². The molecular weight excluding hydrogens is 331 g/mol. The number of piperidine rings is 1. The fourth-order valence-electron chi connectivity index (χ4n) is 4.35. The summed E-state index contributed by atoms with van der Waals surface area (Å²) >= 11 is 0. The summed E-state index contributed by atoms with van der Waals surface area (Å²) in [6.45, 7) is 4.68. The third kappa shape index (κ3) is 3.26. The normalized spacial score (nSPS) is 23.5. The lowest BCUT2D eigenvalue weighted by Gasteiger charge is -2.35. The van der Waals surface area contributed by atoms with Crippen molar-refractivity contribution in [3.63, 3.8) is 0 Å². The van der Waals surface area contributed by atoms with Crippen molar-refractivity contribution in [2.24, 2.45) is 0 Å². The lowest BCUT2D eigenvalue weighted by Crippen LogP contribution is -2.45. The second-order valence-electron chi connectivity index (χ2n) is 7.39. The van der Waals surface area contributed by atoms with Gasteiger partial charge in [-0.15, -0.1) is 0 Å². The fourth-order valence-corrected chi connectivity index (χ4v) is 4.35. The predicted molar refractivity (Wildman–Crippen MR) is 97.1 cm³/mol. The molecule has 26 heavy (non-hydrogen) atoms. The zero-order valence-electron chi connectivity index (χ0n) is 15.1. The first-order valence-corrected chi connectivity index (χ1v) is 9.43. The maximum absolute atomic E-state index is 13.1. The standard InChI is InChI=1S/C20H25FN4O/c1-14(15-2-4-17(21)5-3-15)25-13-9-19(20(25)26)24-11-7-16(8-12-24)18-6-10-22-23-18/h2-6,10,14,16,19H,7-9,11-13H2,1H3,(H,22,23). The average Bonchev–Trinajstić information content (AvgIpc) is 3.32. The molecule has 1 amide bonds. The van der Waals surface area contributed by atoms with Gasteiger partial charge in [0, 0.05) is 24.4 Å². The Morgan fingerprint density at radius 3 is 2.50 bits per heavy atom. The number of rotatable bonds is 4. The highest BCUT2D eigenvalue weighted by Crippen LogP contribution is 2.32. The van der Waals surface area contributed by atoms with E-state index < -0.39 is 0 Å². The summed E-state index contributed by atoms with van der Waals surface area (Å²) in [5.74, 6) is 0.480. The van der Waals surface area contributed by atoms with E-state index in [0.29, 0.717) is 5.92 Å². The van der Waals surface area contributed by atoms with E-state index >= 15 is 0 Å². The monoisotopic (exact) mass is 356 g/mol. The number of aromatic amines is 1. The summed E-state index contributed by atoms with van der Waals surface area (Å²) in [4.78, 5) is 17.3. The quantitative estimate of drug-likeness (QED) is 0.916. The van der Waals surface area contributed by atoms with Crippen LogP contribution in [0.15, 0.2) is 36.5 Å². The lowest BCUT2D eigenvalue weighted by atomic mass is 9.92. The molecule has 2 aliphatic rings. The first kappa shape index (κ1) is 17.2. The fraction of sp³-hybridized carbons (Fsp3) is 0.500. The van der Waals surface area contributed by atoms with Gasteiger partial charge < -0.3 is 4.90 Å². The summed E-state index contributed by atoms with van der Waals surface area (Å²) in [6, 6.07) is 8.49. The van der Waals surface area contributed by atoms with Crippen LogP contribution in [-0.4, -0.2) is 51.6 Å². The van der Waals surface area contributed by atoms with Gasteiger partial charge in [-0.2, -0.15) is 5.10 Å². The van der Waals surface area contributed by atoms with Gasteiger partial charge >= 0.3 is 0 Å². The number of H-pyrrole nitrogens is 1. The van der Waals surface area contributed by atoms with Gasteiger partial charge in [-0.05, 0) is 63.0 Å². The van der Waals surface area contributed by atoms with Gasteiger partial charge in [-0.1, -0.05) is 12.1 Å². The molecule has 0 radical (unpaired) electrons. The largest absolute Gasteiger partial charge is 0.335 e. The van der Waals surface area contributed by atoms with E-state index in [1.165, 1.54) is 17.8 Å². The molecule has 0 aliphatic carbocycles. The minimum Gasteiger partial charge on any atom is -0.335 e. The van der Waals surface area contributed by atoms with Crippen LogP contribution in [0.5, 0.6) is 0 Å². The Labute approximate surface area is 153 Å². The summed E-state index contributed by atoms with van der Waals surface area (Å²) in [6.07, 6.45) is 4.79. The second-order valence-corrected chi connectivity index (χ2v) is 7.39. The molecule has 1 aromatic heterocycles. The number of nitrogens with one attached hydrogen (secondary N) is 1. The summed E-state index contributed by atoms with van der Waals surface area (Å²) in [5.41, 5.74) is 2.19. The maximum Gasteiger partial charge on any atom is 0.240 e. The van der Waals surface area contributed by atoms with E-state index in [1.54, 1.807) is 18.3 Å². The smallest absolute Gasteiger partial charge is 0.240 e. The third-order valence-electron chi connectivity index (χ3n) is 5.96. The number of aromatic nitrogens is 2. The highest BCUT2D eigenvalue weighted by atomic mass is 19.1. The molecule has 3 heterocycles. The Kier molecular flexibility index (Phi) is 4.76. The Morgan fingerprint density at radius 1 is 1.12 bits per heavy atom. The van der Waals surface area contributed by atoms with Gasteiger partial charge in [0.1, 0.15) is 5.82 Å². The molecule has 2 unspecified atom stereocenters. The second kappa shape index (κ2) is 7.19. The molecule has 1 aromatic carbocycles. The van der Waals surface area contributed by atoms with E-state index in [4.69, 9.17) is 0 Å². The van der Waals surface area contributed by atoms with Crippen LogP contribution >= 0.6 is 0 Å².